The third-order valence-electron chi connectivity index (χ3n) is 4.34. The highest BCUT2D eigenvalue weighted by atomic mass is 32.2. The maximum atomic E-state index is 12.9. The number of aryl methyl sites for hydroxylation is 1. The van der Waals surface area contributed by atoms with Gasteiger partial charge in [-0.1, -0.05) is 17.7 Å². The van der Waals surface area contributed by atoms with Gasteiger partial charge >= 0.3 is 0 Å². The molecule has 0 bridgehead atoms. The van der Waals surface area contributed by atoms with E-state index in [1.165, 1.54) is 29.6 Å². The van der Waals surface area contributed by atoms with Crippen molar-refractivity contribution < 1.29 is 25.8 Å². The molecule has 154 valence electrons. The molecule has 28 heavy (non-hydrogen) atoms. The highest BCUT2D eigenvalue weighted by molar-refractivity contribution is 7.91. The molecule has 0 saturated carbocycles. The van der Waals surface area contributed by atoms with Crippen LogP contribution in [-0.2, 0) is 29.1 Å². The molecule has 0 radical (unpaired) electrons. The fourth-order valence-electron chi connectivity index (χ4n) is 2.92. The Morgan fingerprint density at radius 2 is 1.96 bits per heavy atom. The number of methoxy groups -OCH3 is 1. The van der Waals surface area contributed by atoms with Crippen molar-refractivity contribution >= 4 is 36.5 Å². The number of thiophene rings is 1. The zero-order chi connectivity index (χ0) is 20.5. The van der Waals surface area contributed by atoms with E-state index in [1.54, 1.807) is 12.1 Å². The zero-order valence-electron chi connectivity index (χ0n) is 15.5. The van der Waals surface area contributed by atoms with Crippen LogP contribution in [0.2, 0.25) is 0 Å². The fourth-order valence-corrected chi connectivity index (χ4v) is 7.13. The fraction of sp³-hybridized carbons (Fsp3) is 0.412. The number of nitrogens with two attached hydrogens (primary N) is 1. The van der Waals surface area contributed by atoms with E-state index in [-0.39, 0.29) is 32.8 Å². The van der Waals surface area contributed by atoms with Gasteiger partial charge in [-0.25, -0.2) is 8.42 Å². The summed E-state index contributed by atoms with van der Waals surface area (Å²) in [7, 11) is -6.31. The van der Waals surface area contributed by atoms with Crippen molar-refractivity contribution in [3.63, 3.8) is 0 Å². The van der Waals surface area contributed by atoms with E-state index in [1.807, 2.05) is 6.92 Å². The highest BCUT2D eigenvalue weighted by Crippen LogP contribution is 2.42. The lowest BCUT2D eigenvalue weighted by molar-refractivity contribution is 0.155. The van der Waals surface area contributed by atoms with E-state index in [2.05, 4.69) is 0 Å². The number of nitrogen functional groups attached to an aromatic ring is 1. The molecule has 1 aromatic heterocycles. The monoisotopic (exact) mass is 446 g/mol. The van der Waals surface area contributed by atoms with Crippen molar-refractivity contribution in [3.8, 4) is 0 Å². The van der Waals surface area contributed by atoms with Gasteiger partial charge in [0.05, 0.1) is 9.90 Å². The van der Waals surface area contributed by atoms with Gasteiger partial charge in [0.15, 0.2) is 0 Å². The first-order valence-corrected chi connectivity index (χ1v) is 12.2. The Kier molecular flexibility index (Phi) is 6.13. The van der Waals surface area contributed by atoms with Crippen LogP contribution in [0.4, 0.5) is 5.00 Å². The first kappa shape index (κ1) is 21.2. The molecule has 3 rings (SSSR count). The minimum atomic E-state index is -4.08. The molecule has 8 nitrogen and oxygen atoms in total. The van der Waals surface area contributed by atoms with E-state index >= 15 is 0 Å². The summed E-state index contributed by atoms with van der Waals surface area (Å²) in [6, 6.07) is 7.74. The number of anilines is 1. The number of sulfonamides is 1. The number of hydrogen-bond donors (Lipinski definition) is 1. The normalized spacial score (nSPS) is 19.4. The van der Waals surface area contributed by atoms with Crippen molar-refractivity contribution in [1.82, 2.24) is 4.31 Å². The van der Waals surface area contributed by atoms with Crippen molar-refractivity contribution in [2.24, 2.45) is 0 Å². The minimum Gasteiger partial charge on any atom is -0.391 e. The number of nitrogens with zero attached hydrogens (tertiary/aromatic N) is 1. The molecule has 0 spiro atoms. The number of benzene rings is 1. The van der Waals surface area contributed by atoms with E-state index in [0.29, 0.717) is 13.0 Å². The van der Waals surface area contributed by atoms with Crippen molar-refractivity contribution in [3.05, 3.63) is 41.5 Å². The number of hydrogen-bond acceptors (Lipinski definition) is 8. The Hall–Kier alpha value is -1.50. The lowest BCUT2D eigenvalue weighted by atomic mass is 10.2. The van der Waals surface area contributed by atoms with Crippen molar-refractivity contribution in [1.29, 1.82) is 0 Å². The van der Waals surface area contributed by atoms with Crippen LogP contribution >= 0.6 is 11.3 Å². The third kappa shape index (κ3) is 4.24. The minimum absolute atomic E-state index is 0.0159. The standard InChI is InChI=1S/C17H22N2O6S3/c1-12-4-6-13(7-5-12)28(22,23)25-15-11-19(8-3-9-24-2)27(20,21)17-14(15)10-16(18)26-17/h4-7,10,15H,3,8-9,11,18H2,1-2H3. The summed E-state index contributed by atoms with van der Waals surface area (Å²) < 4.78 is 62.9. The average Bonchev–Trinajstić information content (AvgIpc) is 3.02. The van der Waals surface area contributed by atoms with Crippen LogP contribution in [0.3, 0.4) is 0 Å². The average molecular weight is 447 g/mol. The second-order valence-corrected chi connectivity index (χ2v) is 11.2. The summed E-state index contributed by atoms with van der Waals surface area (Å²) in [5.41, 5.74) is 7.01. The predicted molar refractivity (Wildman–Crippen MR) is 106 cm³/mol. The number of ether oxygens (including phenoxy) is 1. The molecule has 1 aliphatic rings. The van der Waals surface area contributed by atoms with Crippen LogP contribution < -0.4 is 5.73 Å². The lowest BCUT2D eigenvalue weighted by Gasteiger charge is -2.31. The van der Waals surface area contributed by atoms with Crippen molar-refractivity contribution in [2.45, 2.75) is 28.6 Å². The molecule has 1 atom stereocenters. The van der Waals surface area contributed by atoms with Crippen LogP contribution in [0.1, 0.15) is 23.7 Å². The predicted octanol–water partition coefficient (Wildman–Crippen LogP) is 2.13. The van der Waals surface area contributed by atoms with Gasteiger partial charge in [-0.15, -0.1) is 11.3 Å². The second-order valence-electron chi connectivity index (χ2n) is 6.45. The molecule has 1 aliphatic heterocycles. The van der Waals surface area contributed by atoms with Gasteiger partial charge in [0.2, 0.25) is 0 Å². The second kappa shape index (κ2) is 8.09. The maximum Gasteiger partial charge on any atom is 0.297 e. The quantitative estimate of drug-likeness (QED) is 0.511. The first-order valence-electron chi connectivity index (χ1n) is 8.53. The molecule has 0 aliphatic carbocycles. The summed E-state index contributed by atoms with van der Waals surface area (Å²) in [4.78, 5) is 0.0159. The summed E-state index contributed by atoms with van der Waals surface area (Å²) >= 11 is 0.910. The Morgan fingerprint density at radius 1 is 1.29 bits per heavy atom. The molecule has 1 aromatic carbocycles. The summed E-state index contributed by atoms with van der Waals surface area (Å²) in [6.07, 6.45) is -0.496. The topological polar surface area (TPSA) is 116 Å². The van der Waals surface area contributed by atoms with Crippen LogP contribution in [0, 0.1) is 6.92 Å². The SMILES string of the molecule is COCCCN1CC(OS(=O)(=O)c2ccc(C)cc2)c2cc(N)sc2S1(=O)=O. The lowest BCUT2D eigenvalue weighted by Crippen LogP contribution is -2.41. The Labute approximate surface area is 169 Å². The van der Waals surface area contributed by atoms with E-state index in [9.17, 15) is 16.8 Å². The number of rotatable bonds is 7. The molecule has 2 aromatic rings. The number of fused-ring (bicyclic) bond motifs is 1. The van der Waals surface area contributed by atoms with Crippen molar-refractivity contribution in [2.75, 3.05) is 32.5 Å². The molecule has 0 amide bonds. The molecule has 0 fully saturated rings. The van der Waals surface area contributed by atoms with Gasteiger partial charge in [0.25, 0.3) is 20.1 Å². The Morgan fingerprint density at radius 3 is 2.61 bits per heavy atom. The largest absolute Gasteiger partial charge is 0.391 e. The van der Waals surface area contributed by atoms with E-state index in [4.69, 9.17) is 14.7 Å². The van der Waals surface area contributed by atoms with Crippen LogP contribution in [0.25, 0.3) is 0 Å². The van der Waals surface area contributed by atoms with Gasteiger partial charge in [0, 0.05) is 32.4 Å². The Bertz CT molecular complexity index is 1050. The van der Waals surface area contributed by atoms with Gasteiger partial charge < -0.3 is 10.5 Å². The van der Waals surface area contributed by atoms with E-state index in [0.717, 1.165) is 16.9 Å². The molecule has 2 heterocycles. The van der Waals surface area contributed by atoms with Crippen LogP contribution in [-0.4, -0.2) is 47.9 Å². The Balaban J connectivity index is 1.94. The van der Waals surface area contributed by atoms with Gasteiger partial charge in [-0.3, -0.25) is 4.18 Å². The molecular weight excluding hydrogens is 424 g/mol. The molecule has 2 N–H and O–H groups in total. The summed E-state index contributed by atoms with van der Waals surface area (Å²) in [5.74, 6) is 0. The smallest absolute Gasteiger partial charge is 0.297 e. The summed E-state index contributed by atoms with van der Waals surface area (Å²) in [6.45, 7) is 2.32. The molecule has 11 heteroatoms. The van der Waals surface area contributed by atoms with E-state index < -0.39 is 26.2 Å². The zero-order valence-corrected chi connectivity index (χ0v) is 17.9. The third-order valence-corrected chi connectivity index (χ3v) is 9.05. The van der Waals surface area contributed by atoms with Gasteiger partial charge in [-0.05, 0) is 31.5 Å². The highest BCUT2D eigenvalue weighted by Gasteiger charge is 2.41. The molecular formula is C17H22N2O6S3. The summed E-state index contributed by atoms with van der Waals surface area (Å²) in [5, 5.41) is 0.286. The maximum absolute atomic E-state index is 12.9. The van der Waals surface area contributed by atoms with Crippen LogP contribution in [0.15, 0.2) is 39.4 Å². The van der Waals surface area contributed by atoms with Gasteiger partial charge in [-0.2, -0.15) is 12.7 Å². The van der Waals surface area contributed by atoms with Crippen LogP contribution in [0.5, 0.6) is 0 Å². The molecule has 0 saturated heterocycles. The van der Waals surface area contributed by atoms with Gasteiger partial charge in [0.1, 0.15) is 10.3 Å². The molecule has 1 unspecified atom stereocenters. The first-order chi connectivity index (χ1) is 13.1.